The van der Waals surface area contributed by atoms with Crippen LogP contribution in [0, 0.1) is 0 Å². The number of carbonyl (C=O) groups excluding carboxylic acids is 1. The Bertz CT molecular complexity index is 197. The summed E-state index contributed by atoms with van der Waals surface area (Å²) in [5.41, 5.74) is -0.0409. The molecule has 1 unspecified atom stereocenters. The van der Waals surface area contributed by atoms with Crippen LogP contribution >= 0.6 is 0 Å². The van der Waals surface area contributed by atoms with E-state index in [1.165, 1.54) is 0 Å². The standard InChI is InChI=1S/C11H24N2O2/c1-9(14)6-7-13(5)10(15)8-12-11(2,3)4/h9,12,14H,6-8H2,1-5H3. The number of aliphatic hydroxyl groups is 1. The Morgan fingerprint density at radius 2 is 2.00 bits per heavy atom. The molecule has 0 spiro atoms. The third-order valence-corrected chi connectivity index (χ3v) is 2.08. The quantitative estimate of drug-likeness (QED) is 0.708. The van der Waals surface area contributed by atoms with E-state index in [-0.39, 0.29) is 17.6 Å². The van der Waals surface area contributed by atoms with E-state index in [1.807, 2.05) is 20.8 Å². The molecule has 0 bridgehead atoms. The molecule has 1 atom stereocenters. The number of rotatable bonds is 5. The Kier molecular flexibility index (Phi) is 5.83. The van der Waals surface area contributed by atoms with Crippen LogP contribution in [0.4, 0.5) is 0 Å². The molecule has 0 fully saturated rings. The van der Waals surface area contributed by atoms with Gasteiger partial charge in [-0.3, -0.25) is 4.79 Å². The minimum atomic E-state index is -0.351. The van der Waals surface area contributed by atoms with Gasteiger partial charge in [0.05, 0.1) is 12.6 Å². The fourth-order valence-corrected chi connectivity index (χ4v) is 0.981. The molecule has 0 aliphatic rings. The molecular formula is C11H24N2O2. The minimum absolute atomic E-state index is 0.0409. The Hall–Kier alpha value is -0.610. The molecule has 90 valence electrons. The van der Waals surface area contributed by atoms with Crippen molar-refractivity contribution in [1.82, 2.24) is 10.2 Å². The van der Waals surface area contributed by atoms with E-state index in [0.29, 0.717) is 19.5 Å². The molecular weight excluding hydrogens is 192 g/mol. The summed E-state index contributed by atoms with van der Waals surface area (Å²) in [6.07, 6.45) is 0.272. The van der Waals surface area contributed by atoms with Crippen LogP contribution in [0.15, 0.2) is 0 Å². The highest BCUT2D eigenvalue weighted by atomic mass is 16.3. The van der Waals surface area contributed by atoms with Gasteiger partial charge in [-0.25, -0.2) is 0 Å². The Labute approximate surface area is 92.7 Å². The fraction of sp³-hybridized carbons (Fsp3) is 0.909. The SMILES string of the molecule is CC(O)CCN(C)C(=O)CNC(C)(C)C. The first-order valence-electron chi connectivity index (χ1n) is 5.39. The van der Waals surface area contributed by atoms with Gasteiger partial charge in [0.15, 0.2) is 0 Å². The van der Waals surface area contributed by atoms with Gasteiger partial charge in [0.25, 0.3) is 0 Å². The molecule has 0 aliphatic carbocycles. The lowest BCUT2D eigenvalue weighted by atomic mass is 10.1. The van der Waals surface area contributed by atoms with Crippen LogP contribution in [0.3, 0.4) is 0 Å². The summed E-state index contributed by atoms with van der Waals surface area (Å²) in [5.74, 6) is 0.0607. The van der Waals surface area contributed by atoms with E-state index in [1.54, 1.807) is 18.9 Å². The molecule has 0 aromatic heterocycles. The molecule has 0 rings (SSSR count). The van der Waals surface area contributed by atoms with Crippen molar-refractivity contribution in [2.45, 2.75) is 45.8 Å². The van der Waals surface area contributed by atoms with E-state index >= 15 is 0 Å². The van der Waals surface area contributed by atoms with Gasteiger partial charge in [-0.15, -0.1) is 0 Å². The predicted octanol–water partition coefficient (Wildman–Crippen LogP) is 0.604. The van der Waals surface area contributed by atoms with Gasteiger partial charge < -0.3 is 15.3 Å². The molecule has 4 heteroatoms. The van der Waals surface area contributed by atoms with Crippen LogP contribution in [0.5, 0.6) is 0 Å². The summed E-state index contributed by atoms with van der Waals surface area (Å²) in [6, 6.07) is 0. The highest BCUT2D eigenvalue weighted by Gasteiger charge is 2.14. The van der Waals surface area contributed by atoms with E-state index in [9.17, 15) is 4.79 Å². The summed E-state index contributed by atoms with van der Waals surface area (Å²) in [7, 11) is 1.76. The Morgan fingerprint density at radius 3 is 2.40 bits per heavy atom. The number of hydrogen-bond donors (Lipinski definition) is 2. The van der Waals surface area contributed by atoms with E-state index in [0.717, 1.165) is 0 Å². The molecule has 0 aromatic rings. The summed E-state index contributed by atoms with van der Waals surface area (Å²) in [5, 5.41) is 12.2. The number of aliphatic hydroxyl groups excluding tert-OH is 1. The second-order valence-corrected chi connectivity index (χ2v) is 5.06. The maximum absolute atomic E-state index is 11.6. The molecule has 0 saturated carbocycles. The molecule has 0 saturated heterocycles. The molecule has 0 aromatic carbocycles. The van der Waals surface area contributed by atoms with E-state index < -0.39 is 0 Å². The van der Waals surface area contributed by atoms with Gasteiger partial charge in [0, 0.05) is 19.1 Å². The number of nitrogens with zero attached hydrogens (tertiary/aromatic N) is 1. The normalized spacial score (nSPS) is 13.7. The van der Waals surface area contributed by atoms with Crippen molar-refractivity contribution >= 4 is 5.91 Å². The maximum Gasteiger partial charge on any atom is 0.236 e. The topological polar surface area (TPSA) is 52.6 Å². The number of amides is 1. The van der Waals surface area contributed by atoms with Gasteiger partial charge >= 0.3 is 0 Å². The lowest BCUT2D eigenvalue weighted by molar-refractivity contribution is -0.129. The highest BCUT2D eigenvalue weighted by molar-refractivity contribution is 5.78. The zero-order valence-corrected chi connectivity index (χ0v) is 10.5. The summed E-state index contributed by atoms with van der Waals surface area (Å²) in [6.45, 7) is 8.75. The zero-order valence-electron chi connectivity index (χ0n) is 10.5. The molecule has 15 heavy (non-hydrogen) atoms. The van der Waals surface area contributed by atoms with Gasteiger partial charge in [0.1, 0.15) is 0 Å². The van der Waals surface area contributed by atoms with E-state index in [2.05, 4.69) is 5.32 Å². The van der Waals surface area contributed by atoms with E-state index in [4.69, 9.17) is 5.11 Å². The Morgan fingerprint density at radius 1 is 1.47 bits per heavy atom. The highest BCUT2D eigenvalue weighted by Crippen LogP contribution is 1.99. The number of likely N-dealkylation sites (N-methyl/N-ethyl adjacent to an activating group) is 1. The average molecular weight is 216 g/mol. The van der Waals surface area contributed by atoms with Gasteiger partial charge in [0.2, 0.25) is 5.91 Å². The first-order chi connectivity index (χ1) is 6.72. The van der Waals surface area contributed by atoms with Crippen molar-refractivity contribution in [3.8, 4) is 0 Å². The van der Waals surface area contributed by atoms with Crippen molar-refractivity contribution in [1.29, 1.82) is 0 Å². The second-order valence-electron chi connectivity index (χ2n) is 5.06. The molecule has 0 aliphatic heterocycles. The van der Waals surface area contributed by atoms with Crippen LogP contribution in [-0.2, 0) is 4.79 Å². The van der Waals surface area contributed by atoms with Crippen LogP contribution in [-0.4, -0.2) is 47.7 Å². The van der Waals surface area contributed by atoms with Crippen molar-refractivity contribution < 1.29 is 9.90 Å². The predicted molar refractivity (Wildman–Crippen MR) is 61.7 cm³/mol. The molecule has 0 radical (unpaired) electrons. The number of hydrogen-bond acceptors (Lipinski definition) is 3. The maximum atomic E-state index is 11.6. The zero-order chi connectivity index (χ0) is 12.1. The number of nitrogens with one attached hydrogen (secondary N) is 1. The lowest BCUT2D eigenvalue weighted by Gasteiger charge is -2.23. The first kappa shape index (κ1) is 14.4. The largest absolute Gasteiger partial charge is 0.393 e. The summed E-state index contributed by atoms with van der Waals surface area (Å²) >= 11 is 0. The fourth-order valence-electron chi connectivity index (χ4n) is 0.981. The molecule has 0 heterocycles. The van der Waals surface area contributed by atoms with Crippen LogP contribution in [0.25, 0.3) is 0 Å². The average Bonchev–Trinajstić information content (AvgIpc) is 2.08. The van der Waals surface area contributed by atoms with Crippen molar-refractivity contribution in [3.05, 3.63) is 0 Å². The van der Waals surface area contributed by atoms with Crippen LogP contribution in [0.2, 0.25) is 0 Å². The first-order valence-corrected chi connectivity index (χ1v) is 5.39. The smallest absolute Gasteiger partial charge is 0.236 e. The van der Waals surface area contributed by atoms with Gasteiger partial charge in [-0.2, -0.15) is 0 Å². The van der Waals surface area contributed by atoms with Crippen LogP contribution in [0.1, 0.15) is 34.1 Å². The molecule has 2 N–H and O–H groups in total. The van der Waals surface area contributed by atoms with Crippen molar-refractivity contribution in [2.75, 3.05) is 20.1 Å². The molecule has 4 nitrogen and oxygen atoms in total. The summed E-state index contributed by atoms with van der Waals surface area (Å²) < 4.78 is 0. The molecule has 1 amide bonds. The van der Waals surface area contributed by atoms with Gasteiger partial charge in [-0.1, -0.05) is 0 Å². The van der Waals surface area contributed by atoms with Crippen molar-refractivity contribution in [2.24, 2.45) is 0 Å². The minimum Gasteiger partial charge on any atom is -0.393 e. The third kappa shape index (κ3) is 8.39. The second kappa shape index (κ2) is 6.08. The van der Waals surface area contributed by atoms with Gasteiger partial charge in [-0.05, 0) is 34.1 Å². The third-order valence-electron chi connectivity index (χ3n) is 2.08. The lowest BCUT2D eigenvalue weighted by Crippen LogP contribution is -2.44. The summed E-state index contributed by atoms with van der Waals surface area (Å²) in [4.78, 5) is 13.2. The Balaban J connectivity index is 3.80. The monoisotopic (exact) mass is 216 g/mol. The van der Waals surface area contributed by atoms with Crippen molar-refractivity contribution in [3.63, 3.8) is 0 Å². The number of carbonyl (C=O) groups is 1. The van der Waals surface area contributed by atoms with Crippen LogP contribution < -0.4 is 5.32 Å².